The van der Waals surface area contributed by atoms with E-state index in [1.165, 1.54) is 5.56 Å². The number of hydrogen-bond acceptors (Lipinski definition) is 4. The Morgan fingerprint density at radius 1 is 1.21 bits per heavy atom. The van der Waals surface area contributed by atoms with Crippen molar-refractivity contribution in [1.82, 2.24) is 0 Å². The van der Waals surface area contributed by atoms with Crippen LogP contribution in [0.4, 0.5) is 11.4 Å². The van der Waals surface area contributed by atoms with Crippen LogP contribution in [0.25, 0.3) is 0 Å². The van der Waals surface area contributed by atoms with Crippen molar-refractivity contribution in [3.05, 3.63) is 64.9 Å². The fourth-order valence-corrected chi connectivity index (χ4v) is 4.25. The van der Waals surface area contributed by atoms with Crippen LogP contribution in [0.2, 0.25) is 0 Å². The number of carbonyl (C=O) groups excluding carboxylic acids is 1. The van der Waals surface area contributed by atoms with Crippen LogP contribution in [0.15, 0.2) is 58.7 Å². The van der Waals surface area contributed by atoms with E-state index in [4.69, 9.17) is 4.74 Å². The smallest absolute Gasteiger partial charge is 0.193 e. The predicted molar refractivity (Wildman–Crippen MR) is 118 cm³/mol. The van der Waals surface area contributed by atoms with Crippen molar-refractivity contribution in [2.75, 3.05) is 24.4 Å². The zero-order valence-corrected chi connectivity index (χ0v) is 17.7. The van der Waals surface area contributed by atoms with Gasteiger partial charge in [0.2, 0.25) is 0 Å². The highest BCUT2D eigenvalue weighted by Gasteiger charge is 2.50. The lowest BCUT2D eigenvalue weighted by molar-refractivity contribution is -0.118. The van der Waals surface area contributed by atoms with Crippen LogP contribution < -0.4 is 15.0 Å². The molecule has 0 unspecified atom stereocenters. The Morgan fingerprint density at radius 3 is 2.62 bits per heavy atom. The number of aryl methyl sites for hydroxylation is 1. The van der Waals surface area contributed by atoms with Gasteiger partial charge in [0.15, 0.2) is 5.78 Å². The third-order valence-corrected chi connectivity index (χ3v) is 5.81. The molecule has 2 aromatic rings. The van der Waals surface area contributed by atoms with Crippen LogP contribution in [-0.2, 0) is 17.6 Å². The molecule has 2 aromatic carbocycles. The molecular formula is C24H27N3O2. The fraction of sp³-hybridized carbons (Fsp3) is 0.333. The summed E-state index contributed by atoms with van der Waals surface area (Å²) in [6.45, 7) is 6.03. The molecule has 4 rings (SSSR count). The normalized spacial score (nSPS) is 21.5. The maximum absolute atomic E-state index is 13.6. The summed E-state index contributed by atoms with van der Waals surface area (Å²) in [5.41, 5.74) is 5.19. The van der Waals surface area contributed by atoms with Crippen LogP contribution in [0.3, 0.4) is 0 Å². The van der Waals surface area contributed by atoms with Gasteiger partial charge in [-0.25, -0.2) is 0 Å². The molecule has 0 amide bonds. The number of amidine groups is 1. The van der Waals surface area contributed by atoms with Crippen LogP contribution in [0, 0.1) is 0 Å². The summed E-state index contributed by atoms with van der Waals surface area (Å²) >= 11 is 0. The number of fused-ring (bicyclic) bond motifs is 1. The molecule has 0 aliphatic carbocycles. The molecule has 1 saturated heterocycles. The molecule has 0 radical (unpaired) electrons. The van der Waals surface area contributed by atoms with E-state index in [1.807, 2.05) is 49.1 Å². The summed E-state index contributed by atoms with van der Waals surface area (Å²) in [6, 6.07) is 14.3. The largest absolute Gasteiger partial charge is 0.497 e. The minimum absolute atomic E-state index is 0.0780. The number of anilines is 2. The Labute approximate surface area is 172 Å². The lowest BCUT2D eigenvalue weighted by Crippen LogP contribution is -2.44. The molecule has 2 aliphatic rings. The topological polar surface area (TPSA) is 53.9 Å². The molecule has 1 fully saturated rings. The zero-order chi connectivity index (χ0) is 20.8. The van der Waals surface area contributed by atoms with Gasteiger partial charge in [-0.2, -0.15) is 0 Å². The number of rotatable bonds is 3. The maximum atomic E-state index is 13.6. The number of nitrogens with one attached hydrogen (secondary N) is 1. The lowest BCUT2D eigenvalue weighted by atomic mass is 9.95. The van der Waals surface area contributed by atoms with Gasteiger partial charge >= 0.3 is 0 Å². The first-order valence-corrected chi connectivity index (χ1v) is 9.99. The summed E-state index contributed by atoms with van der Waals surface area (Å²) in [4.78, 5) is 20.2. The lowest BCUT2D eigenvalue weighted by Gasteiger charge is -2.32. The highest BCUT2D eigenvalue weighted by Crippen LogP contribution is 2.41. The number of benzene rings is 2. The number of carbonyl (C=O) groups is 1. The Morgan fingerprint density at radius 2 is 1.97 bits per heavy atom. The Kier molecular flexibility index (Phi) is 4.69. The quantitative estimate of drug-likeness (QED) is 0.792. The van der Waals surface area contributed by atoms with Crippen molar-refractivity contribution >= 4 is 23.0 Å². The van der Waals surface area contributed by atoms with E-state index in [2.05, 4.69) is 29.4 Å². The average molecular weight is 389 g/mol. The molecule has 1 N–H and O–H groups in total. The van der Waals surface area contributed by atoms with E-state index in [9.17, 15) is 4.79 Å². The van der Waals surface area contributed by atoms with Crippen molar-refractivity contribution in [3.63, 3.8) is 0 Å². The molecule has 2 heterocycles. The molecule has 0 atom stereocenters. The zero-order valence-electron chi connectivity index (χ0n) is 17.7. The van der Waals surface area contributed by atoms with E-state index in [-0.39, 0.29) is 5.78 Å². The summed E-state index contributed by atoms with van der Waals surface area (Å²) in [5, 5.41) is 3.45. The number of methoxy groups -OCH3 is 1. The summed E-state index contributed by atoms with van der Waals surface area (Å²) in [5.74, 6) is 1.56. The van der Waals surface area contributed by atoms with Crippen molar-refractivity contribution in [2.24, 2.45) is 4.99 Å². The van der Waals surface area contributed by atoms with Crippen molar-refractivity contribution in [2.45, 2.75) is 39.2 Å². The van der Waals surface area contributed by atoms with E-state index in [1.54, 1.807) is 14.2 Å². The van der Waals surface area contributed by atoms with Gasteiger partial charge in [-0.05, 0) is 49.6 Å². The van der Waals surface area contributed by atoms with Gasteiger partial charge in [0.25, 0.3) is 0 Å². The number of allylic oxidation sites excluding steroid dienone is 1. The van der Waals surface area contributed by atoms with Gasteiger partial charge < -0.3 is 15.0 Å². The van der Waals surface area contributed by atoms with Gasteiger partial charge in [-0.3, -0.25) is 9.79 Å². The molecule has 5 heteroatoms. The molecule has 150 valence electrons. The minimum Gasteiger partial charge on any atom is -0.497 e. The van der Waals surface area contributed by atoms with E-state index in [0.29, 0.717) is 17.8 Å². The summed E-state index contributed by atoms with van der Waals surface area (Å²) in [6.07, 6.45) is 1.59. The first kappa shape index (κ1) is 19.2. The van der Waals surface area contributed by atoms with Crippen LogP contribution in [0.5, 0.6) is 5.75 Å². The molecule has 0 spiro atoms. The number of Topliss-reactive ketones (excluding diaryl/α,β-unsaturated/α-hetero) is 1. The monoisotopic (exact) mass is 389 g/mol. The maximum Gasteiger partial charge on any atom is 0.193 e. The molecule has 29 heavy (non-hydrogen) atoms. The number of hydrogen-bond donors (Lipinski definition) is 1. The first-order chi connectivity index (χ1) is 13.9. The first-order valence-electron chi connectivity index (χ1n) is 9.99. The number of ketones is 1. The van der Waals surface area contributed by atoms with Gasteiger partial charge in [0.05, 0.1) is 12.7 Å². The Balaban J connectivity index is 1.86. The summed E-state index contributed by atoms with van der Waals surface area (Å²) in [7, 11) is 3.42. The van der Waals surface area contributed by atoms with Crippen molar-refractivity contribution < 1.29 is 9.53 Å². The average Bonchev–Trinajstić information content (AvgIpc) is 3.23. The highest BCUT2D eigenvalue weighted by atomic mass is 16.5. The van der Waals surface area contributed by atoms with Crippen LogP contribution in [-0.4, -0.2) is 31.3 Å². The minimum atomic E-state index is -0.745. The Hall–Kier alpha value is -3.08. The van der Waals surface area contributed by atoms with Gasteiger partial charge in [0.1, 0.15) is 17.1 Å². The third-order valence-electron chi connectivity index (χ3n) is 5.81. The number of ether oxygens (including phenoxy) is 1. The third kappa shape index (κ3) is 3.01. The number of aliphatic imine (C=N–C) groups is 1. The standard InChI is InChI=1S/C24H27N3O2/c1-6-15-11-17(14-18(12-15)29-5)27-23(25-4)21(22(28)24(27,2)3)20-13-16-9-7-8-10-19(16)26-20/h7-12,14,26H,6,13H2,1-5H3. The van der Waals surface area contributed by atoms with Crippen LogP contribution >= 0.6 is 0 Å². The van der Waals surface area contributed by atoms with E-state index >= 15 is 0 Å². The highest BCUT2D eigenvalue weighted by molar-refractivity contribution is 6.37. The van der Waals surface area contributed by atoms with Crippen molar-refractivity contribution in [3.8, 4) is 5.75 Å². The van der Waals surface area contributed by atoms with Crippen molar-refractivity contribution in [1.29, 1.82) is 0 Å². The van der Waals surface area contributed by atoms with E-state index in [0.717, 1.165) is 34.8 Å². The molecule has 0 bridgehead atoms. The second-order valence-electron chi connectivity index (χ2n) is 7.98. The molecule has 0 aromatic heterocycles. The van der Waals surface area contributed by atoms with E-state index < -0.39 is 5.54 Å². The van der Waals surface area contributed by atoms with Gasteiger partial charge in [-0.15, -0.1) is 0 Å². The predicted octanol–water partition coefficient (Wildman–Crippen LogP) is 4.38. The molecule has 5 nitrogen and oxygen atoms in total. The SMILES string of the molecule is CCc1cc(OC)cc(N2C(=NC)C(=C3Cc4ccccc4N3)C(=O)C2(C)C)c1. The molecular weight excluding hydrogens is 362 g/mol. The Bertz CT molecular complexity index is 1000. The fourth-order valence-electron chi connectivity index (χ4n) is 4.25. The second kappa shape index (κ2) is 7.07. The molecule has 0 saturated carbocycles. The van der Waals surface area contributed by atoms with Crippen LogP contribution in [0.1, 0.15) is 31.9 Å². The van der Waals surface area contributed by atoms with Gasteiger partial charge in [0, 0.05) is 36.6 Å². The molecule has 2 aliphatic heterocycles. The van der Waals surface area contributed by atoms with Gasteiger partial charge in [-0.1, -0.05) is 25.1 Å². The summed E-state index contributed by atoms with van der Waals surface area (Å²) < 4.78 is 5.51. The second-order valence-corrected chi connectivity index (χ2v) is 7.98. The number of para-hydroxylation sites is 1. The number of nitrogens with zero attached hydrogens (tertiary/aromatic N) is 2.